The van der Waals surface area contributed by atoms with Gasteiger partial charge in [-0.3, -0.25) is 4.99 Å². The van der Waals surface area contributed by atoms with E-state index in [4.69, 9.17) is 4.74 Å². The number of rotatable bonds is 8. The molecule has 0 aliphatic carbocycles. The summed E-state index contributed by atoms with van der Waals surface area (Å²) in [5.41, 5.74) is 0.492. The highest BCUT2D eigenvalue weighted by atomic mass is 127. The van der Waals surface area contributed by atoms with Crippen molar-refractivity contribution in [2.45, 2.75) is 45.2 Å². The fourth-order valence-corrected chi connectivity index (χ4v) is 4.53. The van der Waals surface area contributed by atoms with Gasteiger partial charge in [0.25, 0.3) is 0 Å². The molecule has 3 N–H and O–H groups in total. The molecule has 0 bridgehead atoms. The second kappa shape index (κ2) is 11.9. The maximum Gasteiger partial charge on any atom is 0.209 e. The van der Waals surface area contributed by atoms with Crippen molar-refractivity contribution in [3.63, 3.8) is 0 Å². The third-order valence-electron chi connectivity index (χ3n) is 4.62. The number of nitrogens with zero attached hydrogens (tertiary/aromatic N) is 2. The highest BCUT2D eigenvalue weighted by molar-refractivity contribution is 14.0. The van der Waals surface area contributed by atoms with Crippen molar-refractivity contribution in [2.24, 2.45) is 4.99 Å². The van der Waals surface area contributed by atoms with E-state index in [0.717, 1.165) is 50.2 Å². The molecule has 30 heavy (non-hydrogen) atoms. The number of methoxy groups -OCH3 is 1. The predicted octanol–water partition coefficient (Wildman–Crippen LogP) is 2.16. The lowest BCUT2D eigenvalue weighted by atomic mass is 10.0. The number of nitrogens with one attached hydrogen (secondary N) is 3. The first-order valence-electron chi connectivity index (χ1n) is 10.0. The maximum atomic E-state index is 11.5. The van der Waals surface area contributed by atoms with Crippen LogP contribution in [0.25, 0.3) is 0 Å². The Balaban J connectivity index is 0.00000450. The lowest BCUT2D eigenvalue weighted by Gasteiger charge is -2.35. The fraction of sp³-hybridized carbons (Fsp3) is 0.650. The van der Waals surface area contributed by atoms with Gasteiger partial charge in [-0.05, 0) is 45.7 Å². The summed E-state index contributed by atoms with van der Waals surface area (Å²) in [7, 11) is -1.61. The van der Waals surface area contributed by atoms with Gasteiger partial charge in [0.05, 0.1) is 19.9 Å². The molecule has 1 fully saturated rings. The summed E-state index contributed by atoms with van der Waals surface area (Å²) in [4.78, 5) is 6.97. The second-order valence-corrected chi connectivity index (χ2v) is 9.83. The molecule has 172 valence electrons. The van der Waals surface area contributed by atoms with Gasteiger partial charge in [0.15, 0.2) is 5.96 Å². The first-order valence-corrected chi connectivity index (χ1v) is 11.9. The molecule has 0 aromatic heterocycles. The Morgan fingerprint density at radius 2 is 2.10 bits per heavy atom. The molecule has 0 radical (unpaired) electrons. The van der Waals surface area contributed by atoms with Gasteiger partial charge < -0.3 is 20.3 Å². The highest BCUT2D eigenvalue weighted by Crippen LogP contribution is 2.24. The van der Waals surface area contributed by atoms with E-state index >= 15 is 0 Å². The van der Waals surface area contributed by atoms with Crippen LogP contribution in [0, 0.1) is 0 Å². The molecule has 10 heteroatoms. The molecule has 8 nitrogen and oxygen atoms in total. The summed E-state index contributed by atoms with van der Waals surface area (Å²) in [5, 5.41) is 6.77. The van der Waals surface area contributed by atoms with E-state index in [9.17, 15) is 8.42 Å². The maximum absolute atomic E-state index is 11.5. The van der Waals surface area contributed by atoms with E-state index in [-0.39, 0.29) is 30.0 Å². The van der Waals surface area contributed by atoms with Crippen LogP contribution in [0.5, 0.6) is 5.75 Å². The average Bonchev–Trinajstić information content (AvgIpc) is 2.65. The lowest BCUT2D eigenvalue weighted by Crippen LogP contribution is -2.52. The van der Waals surface area contributed by atoms with E-state index in [1.807, 2.05) is 32.9 Å². The zero-order valence-corrected chi connectivity index (χ0v) is 21.7. The molecule has 1 heterocycles. The fourth-order valence-electron chi connectivity index (χ4n) is 3.46. The summed E-state index contributed by atoms with van der Waals surface area (Å²) in [6.07, 6.45) is 3.29. The predicted molar refractivity (Wildman–Crippen MR) is 135 cm³/mol. The van der Waals surface area contributed by atoms with Crippen LogP contribution in [0.15, 0.2) is 29.3 Å². The molecule has 2 rings (SSSR count). The number of halogens is 1. The van der Waals surface area contributed by atoms with Crippen molar-refractivity contribution in [3.8, 4) is 5.75 Å². The molecule has 1 aliphatic rings. The Hall–Kier alpha value is -1.27. The van der Waals surface area contributed by atoms with Crippen LogP contribution < -0.4 is 25.0 Å². The molecule has 1 aromatic rings. The van der Waals surface area contributed by atoms with Crippen LogP contribution in [0.2, 0.25) is 0 Å². The van der Waals surface area contributed by atoms with Gasteiger partial charge >= 0.3 is 0 Å². The minimum atomic E-state index is -3.29. The molecule has 1 unspecified atom stereocenters. The molecule has 1 aliphatic heterocycles. The molecular formula is C20H36IN5O3S. The largest absolute Gasteiger partial charge is 0.497 e. The Kier molecular flexibility index (Phi) is 10.7. The molecule has 1 aromatic carbocycles. The number of anilines is 1. The molecule has 0 saturated carbocycles. The summed E-state index contributed by atoms with van der Waals surface area (Å²) in [5.74, 6) is 1.56. The normalized spacial score (nSPS) is 17.8. The Bertz CT molecular complexity index is 801. The smallest absolute Gasteiger partial charge is 0.209 e. The monoisotopic (exact) mass is 553 g/mol. The number of benzene rings is 1. The first kappa shape index (κ1) is 26.8. The Morgan fingerprint density at radius 3 is 2.73 bits per heavy atom. The number of guanidine groups is 1. The van der Waals surface area contributed by atoms with Crippen molar-refractivity contribution < 1.29 is 13.2 Å². The number of aliphatic imine (C=N–C) groups is 1. The van der Waals surface area contributed by atoms with Gasteiger partial charge in [-0.15, -0.1) is 24.0 Å². The number of sulfonamides is 1. The van der Waals surface area contributed by atoms with E-state index in [2.05, 4.69) is 37.4 Å². The van der Waals surface area contributed by atoms with Crippen LogP contribution in [0.4, 0.5) is 5.69 Å². The summed E-state index contributed by atoms with van der Waals surface area (Å²) < 4.78 is 31.1. The lowest BCUT2D eigenvalue weighted by molar-refractivity contribution is 0.414. The van der Waals surface area contributed by atoms with Crippen LogP contribution in [-0.2, 0) is 10.0 Å². The topological polar surface area (TPSA) is 95.1 Å². The van der Waals surface area contributed by atoms with E-state index < -0.39 is 15.6 Å². The number of ether oxygens (including phenoxy) is 1. The van der Waals surface area contributed by atoms with Crippen molar-refractivity contribution in [1.29, 1.82) is 0 Å². The number of hydrogen-bond donors (Lipinski definition) is 3. The van der Waals surface area contributed by atoms with Gasteiger partial charge in [-0.25, -0.2) is 13.1 Å². The van der Waals surface area contributed by atoms with Gasteiger partial charge in [0, 0.05) is 43.0 Å². The SMILES string of the molecule is CCNC(=NCC(C)(C)NS(C)(=O)=O)NC1CCCN(c2cccc(OC)c2)C1.I. The molecular weight excluding hydrogens is 517 g/mol. The third-order valence-corrected chi connectivity index (χ3v) is 5.54. The van der Waals surface area contributed by atoms with Crippen LogP contribution in [0.1, 0.15) is 33.6 Å². The molecule has 0 spiro atoms. The van der Waals surface area contributed by atoms with E-state index in [1.54, 1.807) is 7.11 Å². The van der Waals surface area contributed by atoms with Crippen molar-refractivity contribution in [1.82, 2.24) is 15.4 Å². The van der Waals surface area contributed by atoms with Crippen LogP contribution in [0.3, 0.4) is 0 Å². The Labute approximate surface area is 198 Å². The average molecular weight is 554 g/mol. The standard InChI is InChI=1S/C20H35N5O3S.HI/c1-6-21-19(22-15-20(2,3)24-29(5,26)27)23-16-9-8-12-25(14-16)17-10-7-11-18(13-17)28-4;/h7,10-11,13,16,24H,6,8-9,12,14-15H2,1-5H3,(H2,21,22,23);1H. The minimum Gasteiger partial charge on any atom is -0.497 e. The zero-order valence-electron chi connectivity index (χ0n) is 18.6. The minimum absolute atomic E-state index is 0. The van der Waals surface area contributed by atoms with Gasteiger partial charge in [-0.2, -0.15) is 0 Å². The Morgan fingerprint density at radius 1 is 1.37 bits per heavy atom. The molecule has 1 atom stereocenters. The van der Waals surface area contributed by atoms with Gasteiger partial charge in [0.2, 0.25) is 10.0 Å². The molecule has 0 amide bonds. The van der Waals surface area contributed by atoms with E-state index in [1.165, 1.54) is 0 Å². The van der Waals surface area contributed by atoms with Crippen LogP contribution in [-0.4, -0.2) is 65.5 Å². The van der Waals surface area contributed by atoms with Crippen molar-refractivity contribution in [3.05, 3.63) is 24.3 Å². The number of hydrogen-bond acceptors (Lipinski definition) is 5. The summed E-state index contributed by atoms with van der Waals surface area (Å²) in [6.45, 7) is 8.60. The van der Waals surface area contributed by atoms with E-state index in [0.29, 0.717) is 12.5 Å². The first-order chi connectivity index (χ1) is 13.6. The quantitative estimate of drug-likeness (QED) is 0.260. The summed E-state index contributed by atoms with van der Waals surface area (Å²) >= 11 is 0. The van der Waals surface area contributed by atoms with Gasteiger partial charge in [-0.1, -0.05) is 6.07 Å². The van der Waals surface area contributed by atoms with Crippen molar-refractivity contribution >= 4 is 45.6 Å². The van der Waals surface area contributed by atoms with Crippen LogP contribution >= 0.6 is 24.0 Å². The third kappa shape index (κ3) is 9.25. The molecule has 1 saturated heterocycles. The van der Waals surface area contributed by atoms with Crippen molar-refractivity contribution in [2.75, 3.05) is 44.4 Å². The zero-order chi connectivity index (χ0) is 21.5. The second-order valence-electron chi connectivity index (χ2n) is 8.08. The highest BCUT2D eigenvalue weighted by Gasteiger charge is 2.24. The summed E-state index contributed by atoms with van der Waals surface area (Å²) in [6, 6.07) is 8.36. The number of piperidine rings is 1. The van der Waals surface area contributed by atoms with Gasteiger partial charge in [0.1, 0.15) is 5.75 Å².